The lowest BCUT2D eigenvalue weighted by atomic mass is 9.89. The molecule has 8 heteroatoms. The monoisotopic (exact) mass is 502 g/mol. The molecule has 0 amide bonds. The zero-order valence-electron chi connectivity index (χ0n) is 22.8. The first kappa shape index (κ1) is 28.8. The Hall–Kier alpha value is -3.42. The van der Waals surface area contributed by atoms with Crippen molar-refractivity contribution < 1.29 is 38.4 Å². The van der Waals surface area contributed by atoms with Crippen molar-refractivity contribution in [2.75, 3.05) is 35.5 Å². The topological polar surface area (TPSA) is 101 Å². The molecular weight excluding hydrogens is 464 g/mol. The minimum atomic E-state index is -0.234. The zero-order chi connectivity index (χ0) is 27.2. The fourth-order valence-corrected chi connectivity index (χ4v) is 4.76. The van der Waals surface area contributed by atoms with Crippen LogP contribution >= 0.6 is 0 Å². The van der Waals surface area contributed by atoms with Crippen LogP contribution in [-0.4, -0.2) is 52.2 Å². The fraction of sp³-hybridized carbons (Fsp3) is 0.500. The number of hydrogen-bond donors (Lipinski definition) is 1. The number of ether oxygens (including phenoxy) is 5. The molecule has 0 aliphatic rings. The lowest BCUT2D eigenvalue weighted by Crippen LogP contribution is -2.12. The van der Waals surface area contributed by atoms with Gasteiger partial charge in [0.15, 0.2) is 11.6 Å². The van der Waals surface area contributed by atoms with E-state index in [1.54, 1.807) is 13.8 Å². The Bertz CT molecular complexity index is 1130. The molecule has 2 aromatic carbocycles. The van der Waals surface area contributed by atoms with Crippen LogP contribution in [0.4, 0.5) is 0 Å². The van der Waals surface area contributed by atoms with E-state index in [1.165, 1.54) is 35.5 Å². The summed E-state index contributed by atoms with van der Waals surface area (Å²) in [6.07, 6.45) is 1.89. The molecule has 0 aliphatic carbocycles. The Labute approximate surface area is 213 Å². The molecular formula is C28H38O8. The largest absolute Gasteiger partial charge is 0.507 e. The standard InChI is InChI=1S/C28H38O8/c1-10-12-19(29)21-23(31)17(24(32-5)15(3)26(21)34-7)14-18-25(33-6)16(4)27(35-8)22(28(18)36-9)20(30)13-11-2/h31H,10-14H2,1-9H3. The molecule has 0 atom stereocenters. The maximum absolute atomic E-state index is 13.2. The van der Waals surface area contributed by atoms with Crippen LogP contribution in [0.15, 0.2) is 0 Å². The summed E-state index contributed by atoms with van der Waals surface area (Å²) < 4.78 is 28.3. The molecule has 0 aromatic heterocycles. The summed E-state index contributed by atoms with van der Waals surface area (Å²) in [4.78, 5) is 26.2. The Kier molecular flexibility index (Phi) is 10.0. The molecule has 1 N–H and O–H groups in total. The van der Waals surface area contributed by atoms with Crippen molar-refractivity contribution in [2.45, 2.75) is 59.8 Å². The first-order valence-electron chi connectivity index (χ1n) is 12.0. The van der Waals surface area contributed by atoms with E-state index in [0.29, 0.717) is 70.1 Å². The molecule has 0 fully saturated rings. The summed E-state index contributed by atoms with van der Waals surface area (Å²) in [7, 11) is 7.43. The van der Waals surface area contributed by atoms with Crippen LogP contribution in [0.25, 0.3) is 0 Å². The van der Waals surface area contributed by atoms with Crippen LogP contribution in [0.2, 0.25) is 0 Å². The SMILES string of the molecule is CCCC(=O)c1c(O)c(Cc2c(OC)c(C)c(OC)c(C(=O)CCC)c2OC)c(OC)c(C)c1OC. The van der Waals surface area contributed by atoms with E-state index in [-0.39, 0.29) is 41.5 Å². The average molecular weight is 503 g/mol. The highest BCUT2D eigenvalue weighted by Crippen LogP contribution is 2.49. The maximum atomic E-state index is 13.2. The number of methoxy groups -OCH3 is 5. The van der Waals surface area contributed by atoms with Crippen LogP contribution in [0, 0.1) is 13.8 Å². The number of carbonyl (C=O) groups excluding carboxylic acids is 2. The normalized spacial score (nSPS) is 10.7. The van der Waals surface area contributed by atoms with Gasteiger partial charge in [-0.1, -0.05) is 13.8 Å². The van der Waals surface area contributed by atoms with Crippen LogP contribution in [0.5, 0.6) is 34.5 Å². The van der Waals surface area contributed by atoms with Gasteiger partial charge in [0.1, 0.15) is 45.6 Å². The van der Waals surface area contributed by atoms with Crippen LogP contribution < -0.4 is 23.7 Å². The summed E-state index contributed by atoms with van der Waals surface area (Å²) in [6.45, 7) is 7.39. The number of hydrogen-bond acceptors (Lipinski definition) is 8. The van der Waals surface area contributed by atoms with E-state index < -0.39 is 0 Å². The van der Waals surface area contributed by atoms with Gasteiger partial charge in [0.05, 0.1) is 35.5 Å². The molecule has 198 valence electrons. The maximum Gasteiger partial charge on any atom is 0.170 e. The third-order valence-electron chi connectivity index (χ3n) is 6.27. The van der Waals surface area contributed by atoms with Gasteiger partial charge in [-0.25, -0.2) is 0 Å². The first-order valence-corrected chi connectivity index (χ1v) is 12.0. The quantitative estimate of drug-likeness (QED) is 0.353. The van der Waals surface area contributed by atoms with Gasteiger partial charge >= 0.3 is 0 Å². The number of ketones is 2. The van der Waals surface area contributed by atoms with E-state index in [0.717, 1.165) is 0 Å². The van der Waals surface area contributed by atoms with Crippen LogP contribution in [0.3, 0.4) is 0 Å². The van der Waals surface area contributed by atoms with Gasteiger partial charge in [-0.3, -0.25) is 9.59 Å². The molecule has 0 bridgehead atoms. The van der Waals surface area contributed by atoms with Crippen LogP contribution in [-0.2, 0) is 6.42 Å². The van der Waals surface area contributed by atoms with E-state index in [4.69, 9.17) is 23.7 Å². The van der Waals surface area contributed by atoms with Gasteiger partial charge in [-0.05, 0) is 26.7 Å². The molecule has 2 aromatic rings. The van der Waals surface area contributed by atoms with E-state index in [2.05, 4.69) is 0 Å². The number of phenolic OH excluding ortho intramolecular Hbond substituents is 1. The van der Waals surface area contributed by atoms with E-state index >= 15 is 0 Å². The lowest BCUT2D eigenvalue weighted by Gasteiger charge is -2.24. The summed E-state index contributed by atoms with van der Waals surface area (Å²) >= 11 is 0. The van der Waals surface area contributed by atoms with Gasteiger partial charge in [0, 0.05) is 41.5 Å². The predicted octanol–water partition coefficient (Wildman–Crippen LogP) is 5.61. The number of aromatic hydroxyl groups is 1. The Balaban J connectivity index is 2.98. The van der Waals surface area contributed by atoms with Crippen molar-refractivity contribution in [2.24, 2.45) is 0 Å². The Morgan fingerprint density at radius 2 is 1.00 bits per heavy atom. The highest BCUT2D eigenvalue weighted by atomic mass is 16.5. The second kappa shape index (κ2) is 12.5. The number of phenols is 1. The molecule has 0 aliphatic heterocycles. The second-order valence-corrected chi connectivity index (χ2v) is 8.50. The number of carbonyl (C=O) groups is 2. The van der Waals surface area contributed by atoms with Gasteiger partial charge in [0.2, 0.25) is 0 Å². The number of benzene rings is 2. The van der Waals surface area contributed by atoms with Crippen molar-refractivity contribution in [3.05, 3.63) is 33.4 Å². The molecule has 2 rings (SSSR count). The Morgan fingerprint density at radius 1 is 0.611 bits per heavy atom. The van der Waals surface area contributed by atoms with Crippen molar-refractivity contribution in [3.8, 4) is 34.5 Å². The minimum Gasteiger partial charge on any atom is -0.507 e. The predicted molar refractivity (Wildman–Crippen MR) is 138 cm³/mol. The molecule has 0 radical (unpaired) electrons. The van der Waals surface area contributed by atoms with Crippen LogP contribution in [0.1, 0.15) is 82.5 Å². The zero-order valence-corrected chi connectivity index (χ0v) is 22.8. The summed E-state index contributed by atoms with van der Waals surface area (Å²) in [6, 6.07) is 0. The Morgan fingerprint density at radius 3 is 1.42 bits per heavy atom. The third-order valence-corrected chi connectivity index (χ3v) is 6.27. The van der Waals surface area contributed by atoms with Gasteiger partial charge in [-0.15, -0.1) is 0 Å². The van der Waals surface area contributed by atoms with Gasteiger partial charge in [0.25, 0.3) is 0 Å². The van der Waals surface area contributed by atoms with Gasteiger partial charge in [-0.2, -0.15) is 0 Å². The van der Waals surface area contributed by atoms with Crippen molar-refractivity contribution in [1.29, 1.82) is 0 Å². The number of rotatable bonds is 13. The lowest BCUT2D eigenvalue weighted by molar-refractivity contribution is 0.0967. The highest BCUT2D eigenvalue weighted by Gasteiger charge is 2.32. The summed E-state index contributed by atoms with van der Waals surface area (Å²) in [5, 5.41) is 11.4. The average Bonchev–Trinajstić information content (AvgIpc) is 2.85. The summed E-state index contributed by atoms with van der Waals surface area (Å²) in [5.74, 6) is 1.18. The first-order chi connectivity index (χ1) is 17.2. The van der Waals surface area contributed by atoms with Crippen molar-refractivity contribution in [1.82, 2.24) is 0 Å². The molecule has 36 heavy (non-hydrogen) atoms. The molecule has 0 spiro atoms. The summed E-state index contributed by atoms with van der Waals surface area (Å²) in [5.41, 5.74) is 2.54. The van der Waals surface area contributed by atoms with Gasteiger partial charge < -0.3 is 28.8 Å². The second-order valence-electron chi connectivity index (χ2n) is 8.50. The number of Topliss-reactive ketones (excluding diaryl/α,β-unsaturated/α-hetero) is 2. The minimum absolute atomic E-state index is 0.0653. The van der Waals surface area contributed by atoms with Crippen molar-refractivity contribution >= 4 is 11.6 Å². The van der Waals surface area contributed by atoms with E-state index in [9.17, 15) is 14.7 Å². The molecule has 0 heterocycles. The molecule has 0 saturated carbocycles. The smallest absolute Gasteiger partial charge is 0.170 e. The molecule has 0 unspecified atom stereocenters. The highest BCUT2D eigenvalue weighted by molar-refractivity contribution is 6.04. The molecule has 0 saturated heterocycles. The molecule has 8 nitrogen and oxygen atoms in total. The van der Waals surface area contributed by atoms with Crippen molar-refractivity contribution in [3.63, 3.8) is 0 Å². The third kappa shape index (κ3) is 5.08. The fourth-order valence-electron chi connectivity index (χ4n) is 4.76. The van der Waals surface area contributed by atoms with E-state index in [1.807, 2.05) is 13.8 Å².